The van der Waals surface area contributed by atoms with E-state index in [1.165, 1.54) is 5.56 Å². The van der Waals surface area contributed by atoms with Crippen molar-refractivity contribution in [3.05, 3.63) is 20.8 Å². The van der Waals surface area contributed by atoms with E-state index >= 15 is 0 Å². The fourth-order valence-electron chi connectivity index (χ4n) is 2.55. The quantitative estimate of drug-likeness (QED) is 0.857. The third kappa shape index (κ3) is 3.06. The average Bonchev–Trinajstić information content (AvgIpc) is 2.69. The zero-order chi connectivity index (χ0) is 12.5. The molecule has 1 aliphatic carbocycles. The highest BCUT2D eigenvalue weighted by Gasteiger charge is 2.38. The summed E-state index contributed by atoms with van der Waals surface area (Å²) in [7, 11) is 1.90. The second-order valence-electron chi connectivity index (χ2n) is 4.63. The van der Waals surface area contributed by atoms with E-state index in [4.69, 9.17) is 0 Å². The van der Waals surface area contributed by atoms with Gasteiger partial charge in [-0.05, 0) is 52.7 Å². The third-order valence-electron chi connectivity index (χ3n) is 3.52. The van der Waals surface area contributed by atoms with Crippen LogP contribution >= 0.6 is 27.3 Å². The molecule has 0 radical (unpaired) electrons. The maximum atomic E-state index is 13.1. The van der Waals surface area contributed by atoms with Crippen LogP contribution in [-0.2, 0) is 0 Å². The van der Waals surface area contributed by atoms with Crippen LogP contribution in [0.1, 0.15) is 37.3 Å². The summed E-state index contributed by atoms with van der Waals surface area (Å²) in [6.45, 7) is 0. The van der Waals surface area contributed by atoms with E-state index in [1.807, 2.05) is 12.4 Å². The van der Waals surface area contributed by atoms with Crippen molar-refractivity contribution >= 4 is 27.3 Å². The Hall–Kier alpha value is -0.000000000000000111. The molecule has 1 saturated carbocycles. The summed E-state index contributed by atoms with van der Waals surface area (Å²) in [5.74, 6) is -2.13. The zero-order valence-corrected chi connectivity index (χ0v) is 12.1. The van der Waals surface area contributed by atoms with Gasteiger partial charge in [0, 0.05) is 28.7 Å². The molecule has 1 fully saturated rings. The number of hydrogen-bond acceptors (Lipinski definition) is 2. The standard InChI is InChI=1S/C12H16BrF2NS/c1-16-11(9-6-17-7-10(9)13)8-2-4-12(14,15)5-3-8/h6-8,11,16H,2-5H2,1H3. The van der Waals surface area contributed by atoms with Gasteiger partial charge in [0.05, 0.1) is 0 Å². The number of alkyl halides is 2. The van der Waals surface area contributed by atoms with Crippen LogP contribution in [-0.4, -0.2) is 13.0 Å². The van der Waals surface area contributed by atoms with Crippen LogP contribution < -0.4 is 5.32 Å². The molecule has 0 aliphatic heterocycles. The van der Waals surface area contributed by atoms with E-state index in [-0.39, 0.29) is 18.9 Å². The van der Waals surface area contributed by atoms with Crippen LogP contribution in [0, 0.1) is 5.92 Å². The van der Waals surface area contributed by atoms with Gasteiger partial charge >= 0.3 is 0 Å². The van der Waals surface area contributed by atoms with Crippen molar-refractivity contribution in [2.24, 2.45) is 5.92 Å². The molecule has 1 atom stereocenters. The van der Waals surface area contributed by atoms with Crippen molar-refractivity contribution in [3.63, 3.8) is 0 Å². The molecular weight excluding hydrogens is 308 g/mol. The predicted octanol–water partition coefficient (Wildman–Crippen LogP) is 4.60. The minimum absolute atomic E-state index is 0.0254. The Balaban J connectivity index is 2.08. The molecule has 1 N–H and O–H groups in total. The zero-order valence-electron chi connectivity index (χ0n) is 9.68. The summed E-state index contributed by atoms with van der Waals surface area (Å²) in [6.07, 6.45) is 1.25. The largest absolute Gasteiger partial charge is 0.313 e. The van der Waals surface area contributed by atoms with Gasteiger partial charge in [0.1, 0.15) is 0 Å². The average molecular weight is 324 g/mol. The first-order chi connectivity index (χ1) is 8.03. The first-order valence-corrected chi connectivity index (χ1v) is 7.54. The summed E-state index contributed by atoms with van der Waals surface area (Å²) >= 11 is 5.16. The predicted molar refractivity (Wildman–Crippen MR) is 70.7 cm³/mol. The summed E-state index contributed by atoms with van der Waals surface area (Å²) in [5, 5.41) is 7.41. The van der Waals surface area contributed by atoms with Crippen LogP contribution in [0.15, 0.2) is 15.2 Å². The molecule has 1 aromatic heterocycles. The van der Waals surface area contributed by atoms with E-state index in [0.29, 0.717) is 18.8 Å². The maximum Gasteiger partial charge on any atom is 0.248 e. The van der Waals surface area contributed by atoms with E-state index in [2.05, 4.69) is 26.6 Å². The Bertz CT molecular complexity index is 370. The second-order valence-corrected chi connectivity index (χ2v) is 6.23. The molecule has 0 aromatic carbocycles. The van der Waals surface area contributed by atoms with Gasteiger partial charge in [0.15, 0.2) is 0 Å². The van der Waals surface area contributed by atoms with Crippen LogP contribution in [0.2, 0.25) is 0 Å². The van der Waals surface area contributed by atoms with Gasteiger partial charge in [-0.25, -0.2) is 8.78 Å². The fourth-order valence-corrected chi connectivity index (χ4v) is 4.13. The monoisotopic (exact) mass is 323 g/mol. The Kier molecular flexibility index (Phi) is 4.21. The lowest BCUT2D eigenvalue weighted by molar-refractivity contribution is -0.0495. The molecule has 96 valence electrons. The summed E-state index contributed by atoms with van der Waals surface area (Å²) in [5.41, 5.74) is 1.20. The van der Waals surface area contributed by atoms with Crippen LogP contribution in [0.5, 0.6) is 0 Å². The lowest BCUT2D eigenvalue weighted by Crippen LogP contribution is -2.32. The van der Waals surface area contributed by atoms with E-state index < -0.39 is 5.92 Å². The molecule has 1 aliphatic rings. The van der Waals surface area contributed by atoms with E-state index in [0.717, 1.165) is 4.47 Å². The van der Waals surface area contributed by atoms with Crippen LogP contribution in [0.25, 0.3) is 0 Å². The van der Waals surface area contributed by atoms with Gasteiger partial charge in [-0.1, -0.05) is 0 Å². The molecule has 0 spiro atoms. The molecule has 1 unspecified atom stereocenters. The van der Waals surface area contributed by atoms with Crippen LogP contribution in [0.4, 0.5) is 8.78 Å². The molecule has 2 rings (SSSR count). The summed E-state index contributed by atoms with van der Waals surface area (Å²) < 4.78 is 27.4. The Morgan fingerprint density at radius 2 is 2.06 bits per heavy atom. The molecule has 1 heterocycles. The van der Waals surface area contributed by atoms with E-state index in [9.17, 15) is 8.78 Å². The Morgan fingerprint density at radius 3 is 2.53 bits per heavy atom. The first-order valence-electron chi connectivity index (χ1n) is 5.80. The number of rotatable bonds is 3. The molecular formula is C12H16BrF2NS. The van der Waals surface area contributed by atoms with Crippen molar-refractivity contribution < 1.29 is 8.78 Å². The molecule has 0 bridgehead atoms. The van der Waals surface area contributed by atoms with Gasteiger partial charge in [-0.3, -0.25) is 0 Å². The number of hydrogen-bond donors (Lipinski definition) is 1. The molecule has 1 aromatic rings. The highest BCUT2D eigenvalue weighted by molar-refractivity contribution is 9.10. The molecule has 1 nitrogen and oxygen atoms in total. The normalized spacial score (nSPS) is 22.6. The minimum atomic E-state index is -2.44. The van der Waals surface area contributed by atoms with Crippen molar-refractivity contribution in [1.82, 2.24) is 5.32 Å². The molecule has 17 heavy (non-hydrogen) atoms. The first kappa shape index (κ1) is 13.4. The van der Waals surface area contributed by atoms with Crippen LogP contribution in [0.3, 0.4) is 0 Å². The Labute approximate surface area is 113 Å². The van der Waals surface area contributed by atoms with Crippen molar-refractivity contribution in [3.8, 4) is 0 Å². The number of nitrogens with one attached hydrogen (secondary N) is 1. The highest BCUT2D eigenvalue weighted by atomic mass is 79.9. The highest BCUT2D eigenvalue weighted by Crippen LogP contribution is 2.43. The van der Waals surface area contributed by atoms with Gasteiger partial charge in [-0.15, -0.1) is 0 Å². The van der Waals surface area contributed by atoms with Gasteiger partial charge in [-0.2, -0.15) is 11.3 Å². The number of thiophene rings is 1. The Morgan fingerprint density at radius 1 is 1.41 bits per heavy atom. The van der Waals surface area contributed by atoms with Crippen molar-refractivity contribution in [2.75, 3.05) is 7.05 Å². The molecule has 0 amide bonds. The van der Waals surface area contributed by atoms with Gasteiger partial charge in [0.25, 0.3) is 0 Å². The topological polar surface area (TPSA) is 12.0 Å². The molecule has 0 saturated heterocycles. The van der Waals surface area contributed by atoms with Gasteiger partial charge in [0.2, 0.25) is 5.92 Å². The molecule has 5 heteroatoms. The second kappa shape index (κ2) is 5.33. The smallest absolute Gasteiger partial charge is 0.248 e. The lowest BCUT2D eigenvalue weighted by Gasteiger charge is -2.33. The van der Waals surface area contributed by atoms with E-state index in [1.54, 1.807) is 11.3 Å². The lowest BCUT2D eigenvalue weighted by atomic mass is 9.80. The van der Waals surface area contributed by atoms with Crippen molar-refractivity contribution in [2.45, 2.75) is 37.6 Å². The maximum absolute atomic E-state index is 13.1. The third-order valence-corrected chi connectivity index (χ3v) is 5.27. The summed E-state index contributed by atoms with van der Waals surface area (Å²) in [6, 6.07) is 0.187. The summed E-state index contributed by atoms with van der Waals surface area (Å²) in [4.78, 5) is 0. The number of halogens is 3. The van der Waals surface area contributed by atoms with Gasteiger partial charge < -0.3 is 5.32 Å². The SMILES string of the molecule is CNC(c1cscc1Br)C1CCC(F)(F)CC1. The minimum Gasteiger partial charge on any atom is -0.313 e. The fraction of sp³-hybridized carbons (Fsp3) is 0.667. The van der Waals surface area contributed by atoms with Crippen molar-refractivity contribution in [1.29, 1.82) is 0 Å².